The fourth-order valence-electron chi connectivity index (χ4n) is 2.81. The molecule has 0 amide bonds. The van der Waals surface area contributed by atoms with Crippen LogP contribution < -0.4 is 11.2 Å². The van der Waals surface area contributed by atoms with E-state index >= 15 is 0 Å². The molecular weight excluding hydrogens is 380 g/mol. The summed E-state index contributed by atoms with van der Waals surface area (Å²) >= 11 is 0. The number of rotatable bonds is 6. The zero-order valence-electron chi connectivity index (χ0n) is 15.3. The molecule has 2 aromatic carbocycles. The molecule has 28 heavy (non-hydrogen) atoms. The van der Waals surface area contributed by atoms with Gasteiger partial charge in [-0.05, 0) is 37.6 Å². The molecule has 0 saturated carbocycles. The lowest BCUT2D eigenvalue weighted by Crippen LogP contribution is -2.41. The number of aliphatic hydroxyl groups is 1. The predicted molar refractivity (Wildman–Crippen MR) is 105 cm³/mol. The van der Waals surface area contributed by atoms with E-state index in [1.807, 2.05) is 6.92 Å². The molecular formula is C20H20N2O5S. The van der Waals surface area contributed by atoms with Crippen molar-refractivity contribution < 1.29 is 13.5 Å². The maximum absolute atomic E-state index is 13.1. The Bertz CT molecular complexity index is 1190. The SMILES string of the molecule is Cc1ccc(S(=O)(=O)c2cn(CCCO)c(=O)n(-c3ccccc3)c2=O)cc1. The number of aliphatic hydroxyl groups excluding tert-OH is 1. The van der Waals surface area contributed by atoms with Crippen molar-refractivity contribution >= 4 is 9.84 Å². The molecule has 1 heterocycles. The summed E-state index contributed by atoms with van der Waals surface area (Å²) in [6.45, 7) is 1.74. The average Bonchev–Trinajstić information content (AvgIpc) is 2.68. The van der Waals surface area contributed by atoms with Crippen molar-refractivity contribution in [1.82, 2.24) is 9.13 Å². The van der Waals surface area contributed by atoms with E-state index in [4.69, 9.17) is 5.11 Å². The van der Waals surface area contributed by atoms with E-state index in [-0.39, 0.29) is 30.2 Å². The van der Waals surface area contributed by atoms with E-state index in [1.165, 1.54) is 12.1 Å². The van der Waals surface area contributed by atoms with Gasteiger partial charge in [-0.3, -0.25) is 9.36 Å². The molecule has 0 aliphatic rings. The molecule has 0 atom stereocenters. The predicted octanol–water partition coefficient (Wildman–Crippen LogP) is 1.52. The van der Waals surface area contributed by atoms with Crippen molar-refractivity contribution in [2.75, 3.05) is 6.61 Å². The van der Waals surface area contributed by atoms with E-state index in [0.29, 0.717) is 0 Å². The lowest BCUT2D eigenvalue weighted by Gasteiger charge is -2.13. The normalized spacial score (nSPS) is 11.5. The lowest BCUT2D eigenvalue weighted by molar-refractivity contribution is 0.278. The first-order valence-electron chi connectivity index (χ1n) is 8.71. The first kappa shape index (κ1) is 19.8. The summed E-state index contributed by atoms with van der Waals surface area (Å²) in [5.74, 6) is 0. The molecule has 3 aromatic rings. The molecule has 0 aliphatic heterocycles. The molecule has 0 spiro atoms. The highest BCUT2D eigenvalue weighted by molar-refractivity contribution is 7.91. The number of para-hydroxylation sites is 1. The van der Waals surface area contributed by atoms with Gasteiger partial charge in [-0.2, -0.15) is 0 Å². The Labute approximate surface area is 162 Å². The molecule has 146 valence electrons. The van der Waals surface area contributed by atoms with E-state index in [2.05, 4.69) is 0 Å². The van der Waals surface area contributed by atoms with Crippen LogP contribution in [0.2, 0.25) is 0 Å². The van der Waals surface area contributed by atoms with E-state index in [0.717, 1.165) is 20.9 Å². The lowest BCUT2D eigenvalue weighted by atomic mass is 10.2. The summed E-state index contributed by atoms with van der Waals surface area (Å²) in [7, 11) is -4.14. The summed E-state index contributed by atoms with van der Waals surface area (Å²) in [5.41, 5.74) is -0.408. The molecule has 1 aromatic heterocycles. The molecule has 0 saturated heterocycles. The Kier molecular flexibility index (Phi) is 5.62. The standard InChI is InChI=1S/C20H20N2O5S/c1-15-8-10-17(11-9-15)28(26,27)18-14-21(12-5-13-23)20(25)22(19(18)24)16-6-3-2-4-7-16/h2-4,6-11,14,23H,5,12-13H2,1H3. The number of hydrogen-bond donors (Lipinski definition) is 1. The van der Waals surface area contributed by atoms with Crippen LogP contribution in [0.1, 0.15) is 12.0 Å². The summed E-state index contributed by atoms with van der Waals surface area (Å²) in [6, 6.07) is 14.3. The van der Waals surface area contributed by atoms with Crippen LogP contribution in [-0.4, -0.2) is 29.3 Å². The third kappa shape index (κ3) is 3.69. The summed E-state index contributed by atoms with van der Waals surface area (Å²) in [5, 5.41) is 9.09. The molecule has 0 unspecified atom stereocenters. The Morgan fingerprint density at radius 3 is 2.21 bits per heavy atom. The second-order valence-corrected chi connectivity index (χ2v) is 8.26. The third-order valence-corrected chi connectivity index (χ3v) is 6.07. The maximum atomic E-state index is 13.1. The van der Waals surface area contributed by atoms with Crippen molar-refractivity contribution in [2.45, 2.75) is 29.7 Å². The van der Waals surface area contributed by atoms with Gasteiger partial charge in [0.2, 0.25) is 9.84 Å². The maximum Gasteiger partial charge on any atom is 0.335 e. The van der Waals surface area contributed by atoms with Crippen LogP contribution in [0.5, 0.6) is 0 Å². The van der Waals surface area contributed by atoms with Gasteiger partial charge in [0.05, 0.1) is 10.6 Å². The Balaban J connectivity index is 2.31. The molecule has 8 heteroatoms. The van der Waals surface area contributed by atoms with Gasteiger partial charge in [-0.15, -0.1) is 0 Å². The summed E-state index contributed by atoms with van der Waals surface area (Å²) in [6.07, 6.45) is 1.31. The largest absolute Gasteiger partial charge is 0.396 e. The van der Waals surface area contributed by atoms with Crippen LogP contribution in [0.25, 0.3) is 5.69 Å². The Morgan fingerprint density at radius 2 is 1.61 bits per heavy atom. The highest BCUT2D eigenvalue weighted by Gasteiger charge is 2.25. The molecule has 1 N–H and O–H groups in total. The van der Waals surface area contributed by atoms with Crippen LogP contribution >= 0.6 is 0 Å². The monoisotopic (exact) mass is 400 g/mol. The summed E-state index contributed by atoms with van der Waals surface area (Å²) in [4.78, 5) is 25.3. The van der Waals surface area contributed by atoms with Crippen LogP contribution in [0.15, 0.2) is 80.2 Å². The minimum absolute atomic E-state index is 0.0258. The second kappa shape index (κ2) is 7.95. The molecule has 0 fully saturated rings. The number of nitrogens with zero attached hydrogens (tertiary/aromatic N) is 2. The van der Waals surface area contributed by atoms with Crippen LogP contribution in [0.4, 0.5) is 0 Å². The van der Waals surface area contributed by atoms with Gasteiger partial charge in [0.25, 0.3) is 5.56 Å². The van der Waals surface area contributed by atoms with Crippen LogP contribution in [0.3, 0.4) is 0 Å². The van der Waals surface area contributed by atoms with E-state index in [1.54, 1.807) is 42.5 Å². The van der Waals surface area contributed by atoms with Crippen LogP contribution in [-0.2, 0) is 16.4 Å². The number of benzene rings is 2. The van der Waals surface area contributed by atoms with E-state index < -0.39 is 26.0 Å². The van der Waals surface area contributed by atoms with Gasteiger partial charge in [0, 0.05) is 19.3 Å². The fraction of sp³-hybridized carbons (Fsp3) is 0.200. The first-order valence-corrected chi connectivity index (χ1v) is 10.2. The van der Waals surface area contributed by atoms with Crippen molar-refractivity contribution in [2.24, 2.45) is 0 Å². The quantitative estimate of drug-likeness (QED) is 0.677. The van der Waals surface area contributed by atoms with Crippen molar-refractivity contribution in [3.63, 3.8) is 0 Å². The molecule has 0 radical (unpaired) electrons. The zero-order chi connectivity index (χ0) is 20.3. The second-order valence-electron chi connectivity index (χ2n) is 6.34. The highest BCUT2D eigenvalue weighted by Crippen LogP contribution is 2.18. The van der Waals surface area contributed by atoms with Crippen molar-refractivity contribution in [1.29, 1.82) is 0 Å². The molecule has 3 rings (SSSR count). The van der Waals surface area contributed by atoms with Gasteiger partial charge in [-0.25, -0.2) is 17.8 Å². The number of sulfone groups is 1. The van der Waals surface area contributed by atoms with Gasteiger partial charge in [-0.1, -0.05) is 35.9 Å². The highest BCUT2D eigenvalue weighted by atomic mass is 32.2. The van der Waals surface area contributed by atoms with Gasteiger partial charge < -0.3 is 5.11 Å². The van der Waals surface area contributed by atoms with Gasteiger partial charge in [0.1, 0.15) is 0 Å². The van der Waals surface area contributed by atoms with Gasteiger partial charge in [0.15, 0.2) is 4.90 Å². The molecule has 7 nitrogen and oxygen atoms in total. The van der Waals surface area contributed by atoms with Crippen LogP contribution in [0, 0.1) is 6.92 Å². The van der Waals surface area contributed by atoms with E-state index in [9.17, 15) is 18.0 Å². The first-order chi connectivity index (χ1) is 13.4. The molecule has 0 bridgehead atoms. The fourth-order valence-corrected chi connectivity index (χ4v) is 4.15. The van der Waals surface area contributed by atoms with Crippen molar-refractivity contribution in [3.8, 4) is 5.69 Å². The summed E-state index contributed by atoms with van der Waals surface area (Å²) < 4.78 is 28.2. The average molecular weight is 400 g/mol. The number of aryl methyl sites for hydroxylation is 2. The third-order valence-electron chi connectivity index (χ3n) is 4.32. The minimum atomic E-state index is -4.14. The smallest absolute Gasteiger partial charge is 0.335 e. The molecule has 0 aliphatic carbocycles. The number of hydrogen-bond acceptors (Lipinski definition) is 5. The minimum Gasteiger partial charge on any atom is -0.396 e. The van der Waals surface area contributed by atoms with Gasteiger partial charge >= 0.3 is 5.69 Å². The Morgan fingerprint density at radius 1 is 0.964 bits per heavy atom. The zero-order valence-corrected chi connectivity index (χ0v) is 16.1. The van der Waals surface area contributed by atoms with Crippen molar-refractivity contribution in [3.05, 3.63) is 87.2 Å². The Hall–Kier alpha value is -2.97. The number of aromatic nitrogens is 2. The topological polar surface area (TPSA) is 98.4 Å².